The van der Waals surface area contributed by atoms with Gasteiger partial charge in [-0.3, -0.25) is 4.79 Å². The number of fused-ring (bicyclic) bond motifs is 4. The number of carbonyl (C=O) groups excluding carboxylic acids is 1. The summed E-state index contributed by atoms with van der Waals surface area (Å²) in [7, 11) is 0. The van der Waals surface area contributed by atoms with Gasteiger partial charge in [-0.2, -0.15) is 0 Å². The second-order valence-electron chi connectivity index (χ2n) is 6.78. The van der Waals surface area contributed by atoms with Crippen molar-refractivity contribution in [2.24, 2.45) is 0 Å². The van der Waals surface area contributed by atoms with Crippen LogP contribution in [0.1, 0.15) is 21.6 Å². The molecule has 0 bridgehead atoms. The van der Waals surface area contributed by atoms with Gasteiger partial charge in [0, 0.05) is 47.2 Å². The van der Waals surface area contributed by atoms with Crippen LogP contribution in [0.3, 0.4) is 0 Å². The molecule has 1 aliphatic rings. The van der Waals surface area contributed by atoms with Crippen LogP contribution in [0, 0.1) is 5.82 Å². The Bertz CT molecular complexity index is 1160. The molecule has 128 valence electrons. The lowest BCUT2D eigenvalue weighted by molar-refractivity contribution is 0.0737. The lowest BCUT2D eigenvalue weighted by Crippen LogP contribution is -2.35. The number of hydrogen-bond donors (Lipinski definition) is 1. The van der Waals surface area contributed by atoms with Crippen LogP contribution in [0.5, 0.6) is 0 Å². The fourth-order valence-electron chi connectivity index (χ4n) is 3.94. The van der Waals surface area contributed by atoms with E-state index in [0.29, 0.717) is 13.1 Å². The summed E-state index contributed by atoms with van der Waals surface area (Å²) < 4.78 is 13.7. The van der Waals surface area contributed by atoms with Crippen LogP contribution in [0.4, 0.5) is 4.39 Å². The number of hydrogen-bond acceptors (Lipinski definition) is 1. The lowest BCUT2D eigenvalue weighted by Gasteiger charge is -2.27. The number of rotatable bonds is 1. The number of nitrogens with zero attached hydrogens (tertiary/aromatic N) is 1. The van der Waals surface area contributed by atoms with Crippen molar-refractivity contribution in [2.75, 3.05) is 6.54 Å². The van der Waals surface area contributed by atoms with Crippen molar-refractivity contribution in [3.63, 3.8) is 0 Å². The number of benzene rings is 3. The number of amides is 1. The molecular weight excluding hydrogens is 327 g/mol. The third kappa shape index (κ3) is 2.30. The first kappa shape index (κ1) is 15.1. The zero-order valence-corrected chi connectivity index (χ0v) is 14.1. The van der Waals surface area contributed by atoms with E-state index in [0.717, 1.165) is 44.9 Å². The minimum atomic E-state index is -0.253. The van der Waals surface area contributed by atoms with Crippen LogP contribution >= 0.6 is 0 Å². The van der Waals surface area contributed by atoms with Gasteiger partial charge in [-0.1, -0.05) is 36.4 Å². The van der Waals surface area contributed by atoms with Gasteiger partial charge in [0.15, 0.2) is 0 Å². The third-order valence-corrected chi connectivity index (χ3v) is 5.24. The molecule has 0 unspecified atom stereocenters. The van der Waals surface area contributed by atoms with Crippen molar-refractivity contribution < 1.29 is 9.18 Å². The van der Waals surface area contributed by atoms with E-state index in [1.54, 1.807) is 12.1 Å². The molecule has 2 heterocycles. The summed E-state index contributed by atoms with van der Waals surface area (Å²) in [6.07, 6.45) is 0.752. The fourth-order valence-corrected chi connectivity index (χ4v) is 3.94. The average molecular weight is 344 g/mol. The van der Waals surface area contributed by atoms with Gasteiger partial charge < -0.3 is 9.88 Å². The standard InChI is InChI=1S/C22H17FN2O/c23-15-8-9-20-18(12-15)19-13-25(11-10-21(19)24-20)22(26)17-7-3-5-14-4-1-2-6-16(14)17/h1-9,12,24H,10-11,13H2. The molecule has 0 spiro atoms. The zero-order chi connectivity index (χ0) is 17.7. The number of H-pyrrole nitrogens is 1. The molecule has 0 radical (unpaired) electrons. The quantitative estimate of drug-likeness (QED) is 0.536. The number of aromatic amines is 1. The molecule has 0 saturated heterocycles. The van der Waals surface area contributed by atoms with Gasteiger partial charge in [0.25, 0.3) is 5.91 Å². The summed E-state index contributed by atoms with van der Waals surface area (Å²) in [6.45, 7) is 1.16. The highest BCUT2D eigenvalue weighted by Gasteiger charge is 2.25. The summed E-state index contributed by atoms with van der Waals surface area (Å²) >= 11 is 0. The van der Waals surface area contributed by atoms with E-state index in [-0.39, 0.29) is 11.7 Å². The molecule has 3 aromatic carbocycles. The second kappa shape index (κ2) is 5.70. The van der Waals surface area contributed by atoms with E-state index in [4.69, 9.17) is 0 Å². The van der Waals surface area contributed by atoms with Crippen molar-refractivity contribution in [1.29, 1.82) is 0 Å². The van der Waals surface area contributed by atoms with Crippen LogP contribution in [0.15, 0.2) is 60.7 Å². The number of halogens is 1. The van der Waals surface area contributed by atoms with E-state index in [1.165, 1.54) is 6.07 Å². The van der Waals surface area contributed by atoms with Gasteiger partial charge in [0.05, 0.1) is 0 Å². The van der Waals surface area contributed by atoms with Gasteiger partial charge in [0.2, 0.25) is 0 Å². The predicted octanol–water partition coefficient (Wildman–Crippen LogP) is 4.66. The summed E-state index contributed by atoms with van der Waals surface area (Å²) in [5.41, 5.74) is 3.78. The third-order valence-electron chi connectivity index (χ3n) is 5.24. The van der Waals surface area contributed by atoms with Gasteiger partial charge in [-0.15, -0.1) is 0 Å². The normalized spacial score (nSPS) is 14.0. The van der Waals surface area contributed by atoms with E-state index in [9.17, 15) is 9.18 Å². The van der Waals surface area contributed by atoms with Crippen molar-refractivity contribution in [1.82, 2.24) is 9.88 Å². The Morgan fingerprint density at radius 2 is 1.85 bits per heavy atom. The molecule has 0 aliphatic carbocycles. The van der Waals surface area contributed by atoms with Crippen molar-refractivity contribution >= 4 is 27.6 Å². The topological polar surface area (TPSA) is 36.1 Å². The molecule has 4 heteroatoms. The average Bonchev–Trinajstić information content (AvgIpc) is 3.04. The summed E-state index contributed by atoms with van der Waals surface area (Å²) in [6, 6.07) is 18.5. The Morgan fingerprint density at radius 1 is 1.00 bits per heavy atom. The van der Waals surface area contributed by atoms with Gasteiger partial charge >= 0.3 is 0 Å². The predicted molar refractivity (Wildman–Crippen MR) is 101 cm³/mol. The van der Waals surface area contributed by atoms with Crippen molar-refractivity contribution in [3.05, 3.63) is 83.3 Å². The first-order chi connectivity index (χ1) is 12.7. The molecule has 1 aliphatic heterocycles. The monoisotopic (exact) mass is 344 g/mol. The second-order valence-corrected chi connectivity index (χ2v) is 6.78. The zero-order valence-electron chi connectivity index (χ0n) is 14.1. The minimum Gasteiger partial charge on any atom is -0.358 e. The Labute approximate surface area is 150 Å². The highest BCUT2D eigenvalue weighted by molar-refractivity contribution is 6.07. The largest absolute Gasteiger partial charge is 0.358 e. The number of nitrogens with one attached hydrogen (secondary N) is 1. The van der Waals surface area contributed by atoms with Crippen molar-refractivity contribution in [3.8, 4) is 0 Å². The molecule has 1 amide bonds. The summed E-state index contributed by atoms with van der Waals surface area (Å²) in [5.74, 6) is -0.227. The fraction of sp³-hybridized carbons (Fsp3) is 0.136. The van der Waals surface area contributed by atoms with Gasteiger partial charge in [-0.25, -0.2) is 4.39 Å². The van der Waals surface area contributed by atoms with Crippen LogP contribution in [0.25, 0.3) is 21.7 Å². The SMILES string of the molecule is O=C(c1cccc2ccccc12)N1CCc2[nH]c3ccc(F)cc3c2C1. The van der Waals surface area contributed by atoms with Gasteiger partial charge in [-0.05, 0) is 35.0 Å². The molecule has 0 saturated carbocycles. The maximum atomic E-state index is 13.7. The number of carbonyl (C=O) groups is 1. The van der Waals surface area contributed by atoms with E-state index < -0.39 is 0 Å². The van der Waals surface area contributed by atoms with E-state index >= 15 is 0 Å². The maximum absolute atomic E-state index is 13.7. The number of aromatic nitrogens is 1. The Morgan fingerprint density at radius 3 is 2.77 bits per heavy atom. The van der Waals surface area contributed by atoms with Crippen LogP contribution < -0.4 is 0 Å². The van der Waals surface area contributed by atoms with E-state index in [1.807, 2.05) is 47.4 Å². The Kier molecular flexibility index (Phi) is 3.32. The molecule has 0 atom stereocenters. The van der Waals surface area contributed by atoms with Crippen molar-refractivity contribution in [2.45, 2.75) is 13.0 Å². The van der Waals surface area contributed by atoms with Gasteiger partial charge in [0.1, 0.15) is 5.82 Å². The van der Waals surface area contributed by atoms with E-state index in [2.05, 4.69) is 4.98 Å². The molecule has 3 nitrogen and oxygen atoms in total. The molecule has 5 rings (SSSR count). The first-order valence-corrected chi connectivity index (χ1v) is 8.77. The Hall–Kier alpha value is -3.14. The lowest BCUT2D eigenvalue weighted by atomic mass is 10.0. The minimum absolute atomic E-state index is 0.0261. The molecule has 1 aromatic heterocycles. The van der Waals surface area contributed by atoms with Crippen LogP contribution in [-0.2, 0) is 13.0 Å². The molecule has 1 N–H and O–H groups in total. The highest BCUT2D eigenvalue weighted by atomic mass is 19.1. The maximum Gasteiger partial charge on any atom is 0.254 e. The summed E-state index contributed by atoms with van der Waals surface area (Å²) in [4.78, 5) is 18.4. The molecular formula is C22H17FN2O. The molecule has 0 fully saturated rings. The van der Waals surface area contributed by atoms with Crippen LogP contribution in [-0.4, -0.2) is 22.3 Å². The summed E-state index contributed by atoms with van der Waals surface area (Å²) in [5, 5.41) is 2.90. The molecule has 4 aromatic rings. The highest BCUT2D eigenvalue weighted by Crippen LogP contribution is 2.30. The molecule has 26 heavy (non-hydrogen) atoms. The smallest absolute Gasteiger partial charge is 0.254 e. The first-order valence-electron chi connectivity index (χ1n) is 8.77. The Balaban J connectivity index is 1.55. The van der Waals surface area contributed by atoms with Crippen LogP contribution in [0.2, 0.25) is 0 Å².